The zero-order chi connectivity index (χ0) is 10.2. The minimum Gasteiger partial charge on any atom is -0.447 e. The minimum atomic E-state index is -0.396. The molecule has 1 saturated heterocycles. The number of hydrogen-bond donors (Lipinski definition) is 1. The Hall–Kier alpha value is -0.480. The molecule has 0 aromatic carbocycles. The summed E-state index contributed by atoms with van der Waals surface area (Å²) in [5, 5.41) is 1.92. The van der Waals surface area contributed by atoms with Crippen molar-refractivity contribution < 1.29 is 9.53 Å². The molecular formula is C9H17ClN2O2. The number of amides is 1. The van der Waals surface area contributed by atoms with Gasteiger partial charge in [-0.2, -0.15) is 0 Å². The van der Waals surface area contributed by atoms with E-state index in [-0.39, 0.29) is 6.61 Å². The van der Waals surface area contributed by atoms with Gasteiger partial charge in [0.25, 0.3) is 0 Å². The second-order valence-corrected chi connectivity index (χ2v) is 3.72. The van der Waals surface area contributed by atoms with E-state index in [9.17, 15) is 4.79 Å². The van der Waals surface area contributed by atoms with Gasteiger partial charge in [0.05, 0.1) is 5.88 Å². The van der Waals surface area contributed by atoms with Crippen molar-refractivity contribution in [2.24, 2.45) is 0 Å². The monoisotopic (exact) mass is 220 g/mol. The lowest BCUT2D eigenvalue weighted by Crippen LogP contribution is -2.43. The average molecular weight is 221 g/mol. The first-order valence-electron chi connectivity index (χ1n) is 5.07. The molecule has 1 aliphatic heterocycles. The normalized spacial score (nSPS) is 18.6. The maximum absolute atomic E-state index is 11.1. The van der Waals surface area contributed by atoms with Gasteiger partial charge in [-0.15, -0.1) is 11.6 Å². The molecule has 1 heterocycles. The number of halogens is 1. The zero-order valence-corrected chi connectivity index (χ0v) is 9.05. The quantitative estimate of drug-likeness (QED) is 0.737. The predicted octanol–water partition coefficient (Wildman–Crippen LogP) is 1.74. The fourth-order valence-electron chi connectivity index (χ4n) is 1.48. The van der Waals surface area contributed by atoms with E-state index in [1.807, 2.05) is 5.01 Å². The molecule has 0 unspecified atom stereocenters. The van der Waals surface area contributed by atoms with Crippen molar-refractivity contribution in [3.63, 3.8) is 0 Å². The molecule has 0 radical (unpaired) electrons. The molecule has 82 valence electrons. The number of alkyl halides is 1. The van der Waals surface area contributed by atoms with E-state index < -0.39 is 6.09 Å². The summed E-state index contributed by atoms with van der Waals surface area (Å²) in [6.07, 6.45) is 4.36. The third-order valence-corrected chi connectivity index (χ3v) is 2.32. The van der Waals surface area contributed by atoms with Crippen molar-refractivity contribution in [2.45, 2.75) is 25.7 Å². The predicted molar refractivity (Wildman–Crippen MR) is 55.2 cm³/mol. The molecule has 0 aromatic heterocycles. The lowest BCUT2D eigenvalue weighted by Gasteiger charge is -2.20. The number of ether oxygens (including phenoxy) is 1. The van der Waals surface area contributed by atoms with Gasteiger partial charge in [-0.1, -0.05) is 12.8 Å². The molecule has 1 aliphatic rings. The van der Waals surface area contributed by atoms with Gasteiger partial charge in [-0.05, 0) is 12.8 Å². The van der Waals surface area contributed by atoms with Crippen LogP contribution in [0.25, 0.3) is 0 Å². The van der Waals surface area contributed by atoms with E-state index in [1.54, 1.807) is 0 Å². The molecule has 0 aromatic rings. The molecule has 4 nitrogen and oxygen atoms in total. The van der Waals surface area contributed by atoms with Gasteiger partial charge in [0.2, 0.25) is 0 Å². The fraction of sp³-hybridized carbons (Fsp3) is 0.889. The molecule has 14 heavy (non-hydrogen) atoms. The molecule has 0 bridgehead atoms. The van der Waals surface area contributed by atoms with Crippen LogP contribution >= 0.6 is 11.6 Å². The van der Waals surface area contributed by atoms with Gasteiger partial charge in [-0.3, -0.25) is 5.43 Å². The maximum Gasteiger partial charge on any atom is 0.421 e. The number of hydrogen-bond acceptors (Lipinski definition) is 3. The Bertz CT molecular complexity index is 170. The van der Waals surface area contributed by atoms with Crippen LogP contribution in [0.5, 0.6) is 0 Å². The van der Waals surface area contributed by atoms with Crippen molar-refractivity contribution in [1.82, 2.24) is 10.4 Å². The Kier molecular flexibility index (Phi) is 5.71. The maximum atomic E-state index is 11.1. The van der Waals surface area contributed by atoms with Crippen LogP contribution in [0.4, 0.5) is 4.79 Å². The van der Waals surface area contributed by atoms with E-state index in [0.29, 0.717) is 5.88 Å². The van der Waals surface area contributed by atoms with Crippen LogP contribution in [0.15, 0.2) is 0 Å². The molecule has 1 rings (SSSR count). The molecule has 1 fully saturated rings. The van der Waals surface area contributed by atoms with E-state index in [0.717, 1.165) is 25.9 Å². The zero-order valence-electron chi connectivity index (χ0n) is 8.30. The smallest absolute Gasteiger partial charge is 0.421 e. The molecule has 0 spiro atoms. The Labute approximate surface area is 89.5 Å². The highest BCUT2D eigenvalue weighted by atomic mass is 35.5. The summed E-state index contributed by atoms with van der Waals surface area (Å²) in [4.78, 5) is 11.1. The number of hydrazine groups is 1. The van der Waals surface area contributed by atoms with Crippen LogP contribution in [0.3, 0.4) is 0 Å². The number of rotatable bonds is 3. The number of carbonyl (C=O) groups excluding carboxylic acids is 1. The highest BCUT2D eigenvalue weighted by Crippen LogP contribution is 2.07. The van der Waals surface area contributed by atoms with E-state index in [2.05, 4.69) is 5.43 Å². The molecule has 1 amide bonds. The van der Waals surface area contributed by atoms with Crippen molar-refractivity contribution in [3.8, 4) is 0 Å². The van der Waals surface area contributed by atoms with Crippen LogP contribution in [0.1, 0.15) is 25.7 Å². The third-order valence-electron chi connectivity index (χ3n) is 2.17. The Balaban J connectivity index is 2.17. The van der Waals surface area contributed by atoms with Crippen molar-refractivity contribution in [2.75, 3.05) is 25.6 Å². The average Bonchev–Trinajstić information content (AvgIpc) is 2.43. The van der Waals surface area contributed by atoms with Crippen LogP contribution in [-0.2, 0) is 4.74 Å². The SMILES string of the molecule is O=C(NN1CCCCCC1)OCCCl. The molecule has 0 atom stereocenters. The molecule has 0 aliphatic carbocycles. The van der Waals surface area contributed by atoms with Gasteiger partial charge in [0.1, 0.15) is 6.61 Å². The van der Waals surface area contributed by atoms with Crippen molar-refractivity contribution in [3.05, 3.63) is 0 Å². The second-order valence-electron chi connectivity index (χ2n) is 3.34. The lowest BCUT2D eigenvalue weighted by atomic mass is 10.2. The first-order valence-corrected chi connectivity index (χ1v) is 5.60. The number of carbonyl (C=O) groups is 1. The molecular weight excluding hydrogens is 204 g/mol. The summed E-state index contributed by atoms with van der Waals surface area (Å²) in [5.74, 6) is 0.341. The van der Waals surface area contributed by atoms with E-state index in [4.69, 9.17) is 16.3 Å². The third kappa shape index (κ3) is 4.67. The first kappa shape index (κ1) is 11.6. The summed E-state index contributed by atoms with van der Waals surface area (Å²) in [5.41, 5.74) is 2.71. The summed E-state index contributed by atoms with van der Waals surface area (Å²) >= 11 is 5.40. The molecule has 1 N–H and O–H groups in total. The Morgan fingerprint density at radius 3 is 2.50 bits per heavy atom. The summed E-state index contributed by atoms with van der Waals surface area (Å²) < 4.78 is 4.81. The van der Waals surface area contributed by atoms with Crippen LogP contribution in [-0.4, -0.2) is 36.7 Å². The first-order chi connectivity index (χ1) is 6.83. The molecule has 5 heteroatoms. The van der Waals surface area contributed by atoms with E-state index in [1.165, 1.54) is 12.8 Å². The van der Waals surface area contributed by atoms with Crippen molar-refractivity contribution in [1.29, 1.82) is 0 Å². The van der Waals surface area contributed by atoms with Crippen LogP contribution < -0.4 is 5.43 Å². The van der Waals surface area contributed by atoms with Crippen LogP contribution in [0.2, 0.25) is 0 Å². The fourth-order valence-corrected chi connectivity index (χ4v) is 1.55. The van der Waals surface area contributed by atoms with Crippen molar-refractivity contribution >= 4 is 17.7 Å². The highest BCUT2D eigenvalue weighted by molar-refractivity contribution is 6.18. The number of nitrogens with one attached hydrogen (secondary N) is 1. The van der Waals surface area contributed by atoms with Gasteiger partial charge < -0.3 is 4.74 Å². The highest BCUT2D eigenvalue weighted by Gasteiger charge is 2.11. The second kappa shape index (κ2) is 6.90. The Morgan fingerprint density at radius 1 is 1.29 bits per heavy atom. The minimum absolute atomic E-state index is 0.265. The van der Waals surface area contributed by atoms with Gasteiger partial charge in [-0.25, -0.2) is 9.80 Å². The topological polar surface area (TPSA) is 41.6 Å². The molecule has 0 saturated carbocycles. The number of nitrogens with zero attached hydrogens (tertiary/aromatic N) is 1. The largest absolute Gasteiger partial charge is 0.447 e. The summed E-state index contributed by atoms with van der Waals surface area (Å²) in [6, 6.07) is 0. The van der Waals surface area contributed by atoms with Gasteiger partial charge in [0, 0.05) is 13.1 Å². The van der Waals surface area contributed by atoms with E-state index >= 15 is 0 Å². The van der Waals surface area contributed by atoms with Gasteiger partial charge in [0.15, 0.2) is 0 Å². The lowest BCUT2D eigenvalue weighted by molar-refractivity contribution is 0.111. The van der Waals surface area contributed by atoms with Gasteiger partial charge >= 0.3 is 6.09 Å². The summed E-state index contributed by atoms with van der Waals surface area (Å²) in [7, 11) is 0. The standard InChI is InChI=1S/C9H17ClN2O2/c10-5-8-14-9(13)11-12-6-3-1-2-4-7-12/h1-8H2,(H,11,13). The van der Waals surface area contributed by atoms with Crippen LogP contribution in [0, 0.1) is 0 Å². The summed E-state index contributed by atoms with van der Waals surface area (Å²) in [6.45, 7) is 2.09. The Morgan fingerprint density at radius 2 is 1.93 bits per heavy atom.